The molecular weight excluding hydrogens is 480 g/mol. The molecule has 0 saturated carbocycles. The summed E-state index contributed by atoms with van der Waals surface area (Å²) in [6, 6.07) is 13.4. The molecule has 0 atom stereocenters. The molecule has 0 bridgehead atoms. The van der Waals surface area contributed by atoms with Crippen LogP contribution in [0.2, 0.25) is 5.02 Å². The molecule has 2 heterocycles. The van der Waals surface area contributed by atoms with Gasteiger partial charge in [-0.2, -0.15) is 0 Å². The number of hydrogen-bond donors (Lipinski definition) is 1. The maximum absolute atomic E-state index is 12.9. The summed E-state index contributed by atoms with van der Waals surface area (Å²) in [7, 11) is -3.35. The van der Waals surface area contributed by atoms with E-state index >= 15 is 0 Å². The first-order valence-corrected chi connectivity index (χ1v) is 12.3. The average Bonchev–Trinajstić information content (AvgIpc) is 3.40. The van der Waals surface area contributed by atoms with Crippen molar-refractivity contribution in [1.82, 2.24) is 15.4 Å². The standard InChI is InChI=1S/C23H21ClN4O5S/c1-13(2)34(30,31)16-10-8-15(9-11-16)12-19-26-27-23(32-19)25-22(29)20-14(3)33-28-21(20)17-6-4-5-7-18(17)24/h4-11,13H,12H2,1-3H3,(H,25,27,29). The number of aromatic nitrogens is 3. The van der Waals surface area contributed by atoms with Crippen LogP contribution in [-0.4, -0.2) is 34.9 Å². The van der Waals surface area contributed by atoms with E-state index in [2.05, 4.69) is 20.7 Å². The summed E-state index contributed by atoms with van der Waals surface area (Å²) in [6.45, 7) is 4.89. The highest BCUT2D eigenvalue weighted by molar-refractivity contribution is 7.92. The number of hydrogen-bond acceptors (Lipinski definition) is 8. The first-order chi connectivity index (χ1) is 16.2. The molecule has 4 aromatic rings. The first kappa shape index (κ1) is 23.7. The van der Waals surface area contributed by atoms with Crippen LogP contribution >= 0.6 is 11.6 Å². The Morgan fingerprint density at radius 1 is 1.09 bits per heavy atom. The Bertz CT molecular complexity index is 1440. The van der Waals surface area contributed by atoms with Crippen LogP contribution in [0.4, 0.5) is 6.01 Å². The molecule has 2 aromatic heterocycles. The summed E-state index contributed by atoms with van der Waals surface area (Å²) in [5.74, 6) is 0.0267. The number of anilines is 1. The number of sulfone groups is 1. The van der Waals surface area contributed by atoms with E-state index in [1.54, 1.807) is 69.3 Å². The van der Waals surface area contributed by atoms with Crippen molar-refractivity contribution in [2.24, 2.45) is 0 Å². The fourth-order valence-electron chi connectivity index (χ4n) is 3.26. The summed E-state index contributed by atoms with van der Waals surface area (Å²) in [4.78, 5) is 13.2. The number of carbonyl (C=O) groups is 1. The van der Waals surface area contributed by atoms with E-state index in [1.165, 1.54) is 0 Å². The number of rotatable bonds is 7. The molecule has 176 valence electrons. The van der Waals surface area contributed by atoms with Gasteiger partial charge >= 0.3 is 6.01 Å². The maximum Gasteiger partial charge on any atom is 0.322 e. The van der Waals surface area contributed by atoms with Gasteiger partial charge in [0.2, 0.25) is 5.89 Å². The van der Waals surface area contributed by atoms with E-state index in [4.69, 9.17) is 20.5 Å². The van der Waals surface area contributed by atoms with Crippen molar-refractivity contribution < 1.29 is 22.2 Å². The number of aryl methyl sites for hydroxylation is 1. The average molecular weight is 501 g/mol. The monoisotopic (exact) mass is 500 g/mol. The van der Waals surface area contributed by atoms with Gasteiger partial charge < -0.3 is 8.94 Å². The Morgan fingerprint density at radius 2 is 1.79 bits per heavy atom. The van der Waals surface area contributed by atoms with Crippen LogP contribution < -0.4 is 5.32 Å². The molecule has 0 unspecified atom stereocenters. The highest BCUT2D eigenvalue weighted by Gasteiger charge is 2.24. The van der Waals surface area contributed by atoms with Crippen molar-refractivity contribution in [3.05, 3.63) is 76.3 Å². The van der Waals surface area contributed by atoms with Crippen molar-refractivity contribution in [3.63, 3.8) is 0 Å². The number of carbonyl (C=O) groups excluding carboxylic acids is 1. The predicted octanol–water partition coefficient (Wildman–Crippen LogP) is 4.71. The Labute approximate surface area is 201 Å². The number of amides is 1. The van der Waals surface area contributed by atoms with Crippen LogP contribution in [0.15, 0.2) is 62.4 Å². The van der Waals surface area contributed by atoms with Crippen LogP contribution in [0.3, 0.4) is 0 Å². The molecule has 0 aliphatic carbocycles. The van der Waals surface area contributed by atoms with Crippen LogP contribution in [-0.2, 0) is 16.3 Å². The van der Waals surface area contributed by atoms with Crippen molar-refractivity contribution >= 4 is 33.4 Å². The lowest BCUT2D eigenvalue weighted by molar-refractivity contribution is 0.102. The number of nitrogens with one attached hydrogen (secondary N) is 1. The van der Waals surface area contributed by atoms with Gasteiger partial charge in [-0.05, 0) is 44.5 Å². The highest BCUT2D eigenvalue weighted by Crippen LogP contribution is 2.31. The van der Waals surface area contributed by atoms with Crippen LogP contribution in [0.5, 0.6) is 0 Å². The van der Waals surface area contributed by atoms with Gasteiger partial charge in [0, 0.05) is 5.56 Å². The lowest BCUT2D eigenvalue weighted by atomic mass is 10.1. The lowest BCUT2D eigenvalue weighted by Gasteiger charge is -2.08. The molecular formula is C23H21ClN4O5S. The van der Waals surface area contributed by atoms with Gasteiger partial charge in [-0.25, -0.2) is 8.42 Å². The zero-order valence-corrected chi connectivity index (χ0v) is 20.1. The molecule has 0 spiro atoms. The Kier molecular flexibility index (Phi) is 6.54. The maximum atomic E-state index is 12.9. The third-order valence-electron chi connectivity index (χ3n) is 5.13. The molecule has 0 aliphatic heterocycles. The molecule has 1 amide bonds. The largest absolute Gasteiger partial charge is 0.407 e. The van der Waals surface area contributed by atoms with Gasteiger partial charge in [-0.3, -0.25) is 10.1 Å². The second-order valence-electron chi connectivity index (χ2n) is 7.81. The van der Waals surface area contributed by atoms with Crippen LogP contribution in [0, 0.1) is 6.92 Å². The van der Waals surface area contributed by atoms with Crippen LogP contribution in [0.25, 0.3) is 11.3 Å². The van der Waals surface area contributed by atoms with Crippen molar-refractivity contribution in [2.75, 3.05) is 5.32 Å². The van der Waals surface area contributed by atoms with Gasteiger partial charge in [-0.1, -0.05) is 52.2 Å². The minimum Gasteiger partial charge on any atom is -0.407 e. The van der Waals surface area contributed by atoms with Gasteiger partial charge in [0.15, 0.2) is 9.84 Å². The third kappa shape index (κ3) is 4.73. The van der Waals surface area contributed by atoms with E-state index in [1.807, 2.05) is 0 Å². The molecule has 11 heteroatoms. The fourth-order valence-corrected chi connectivity index (χ4v) is 4.54. The third-order valence-corrected chi connectivity index (χ3v) is 7.63. The fraction of sp³-hybridized carbons (Fsp3) is 0.217. The topological polar surface area (TPSA) is 128 Å². The Balaban J connectivity index is 1.49. The number of nitrogens with zero attached hydrogens (tertiary/aromatic N) is 3. The van der Waals surface area contributed by atoms with Gasteiger partial charge in [0.25, 0.3) is 5.91 Å². The van der Waals surface area contributed by atoms with Crippen molar-refractivity contribution in [1.29, 1.82) is 0 Å². The zero-order valence-electron chi connectivity index (χ0n) is 18.6. The van der Waals surface area contributed by atoms with E-state index in [-0.39, 0.29) is 28.8 Å². The van der Waals surface area contributed by atoms with Gasteiger partial charge in [0.05, 0.1) is 21.6 Å². The summed E-state index contributed by atoms with van der Waals surface area (Å²) < 4.78 is 35.3. The molecule has 0 saturated heterocycles. The molecule has 1 N–H and O–H groups in total. The number of halogens is 1. The zero-order chi connectivity index (χ0) is 24.5. The minimum atomic E-state index is -3.35. The molecule has 0 radical (unpaired) electrons. The van der Waals surface area contributed by atoms with E-state index in [0.717, 1.165) is 5.56 Å². The van der Waals surface area contributed by atoms with Gasteiger partial charge in [-0.15, -0.1) is 5.10 Å². The second kappa shape index (κ2) is 9.40. The van der Waals surface area contributed by atoms with Crippen LogP contribution in [0.1, 0.15) is 41.4 Å². The molecule has 0 fully saturated rings. The van der Waals surface area contributed by atoms with Crippen molar-refractivity contribution in [3.8, 4) is 11.3 Å². The second-order valence-corrected chi connectivity index (χ2v) is 10.7. The first-order valence-electron chi connectivity index (χ1n) is 10.3. The summed E-state index contributed by atoms with van der Waals surface area (Å²) >= 11 is 6.25. The lowest BCUT2D eigenvalue weighted by Crippen LogP contribution is -2.14. The van der Waals surface area contributed by atoms with Gasteiger partial charge in [0.1, 0.15) is 17.0 Å². The highest BCUT2D eigenvalue weighted by atomic mass is 35.5. The van der Waals surface area contributed by atoms with Crippen molar-refractivity contribution in [2.45, 2.75) is 37.3 Å². The Hall–Kier alpha value is -3.50. The summed E-state index contributed by atoms with van der Waals surface area (Å²) in [5, 5.41) is 14.3. The number of benzene rings is 2. The molecule has 34 heavy (non-hydrogen) atoms. The van der Waals surface area contributed by atoms with E-state index in [9.17, 15) is 13.2 Å². The Morgan fingerprint density at radius 3 is 2.47 bits per heavy atom. The SMILES string of the molecule is Cc1onc(-c2ccccc2Cl)c1C(=O)Nc1nnc(Cc2ccc(S(=O)(=O)C(C)C)cc2)o1. The molecule has 2 aromatic carbocycles. The minimum absolute atomic E-state index is 0.0929. The summed E-state index contributed by atoms with van der Waals surface area (Å²) in [6.07, 6.45) is 0.266. The smallest absolute Gasteiger partial charge is 0.322 e. The van der Waals surface area contributed by atoms with E-state index in [0.29, 0.717) is 22.0 Å². The summed E-state index contributed by atoms with van der Waals surface area (Å²) in [5.41, 5.74) is 1.84. The van der Waals surface area contributed by atoms with E-state index < -0.39 is 21.0 Å². The normalized spacial score (nSPS) is 11.7. The predicted molar refractivity (Wildman–Crippen MR) is 126 cm³/mol. The quantitative estimate of drug-likeness (QED) is 0.386. The molecule has 0 aliphatic rings. The molecule has 4 rings (SSSR count). The molecule has 9 nitrogen and oxygen atoms in total.